The molecule has 0 aliphatic rings. The van der Waals surface area contributed by atoms with Crippen molar-refractivity contribution in [1.82, 2.24) is 5.32 Å². The summed E-state index contributed by atoms with van der Waals surface area (Å²) in [7, 11) is 0. The second-order valence-electron chi connectivity index (χ2n) is 2.15. The number of aliphatic hydroxyl groups is 1. The molecule has 2 atom stereocenters. The van der Waals surface area contributed by atoms with Crippen LogP contribution in [0.25, 0.3) is 0 Å². The summed E-state index contributed by atoms with van der Waals surface area (Å²) in [6, 6.07) is 0.736. The summed E-state index contributed by atoms with van der Waals surface area (Å²) >= 11 is 0. The molecule has 5 heteroatoms. The lowest BCUT2D eigenvalue weighted by molar-refractivity contribution is 0.155. The lowest BCUT2D eigenvalue weighted by Crippen LogP contribution is -2.41. The summed E-state index contributed by atoms with van der Waals surface area (Å²) in [4.78, 5) is 10.1. The van der Waals surface area contributed by atoms with Gasteiger partial charge in [-0.25, -0.2) is 4.79 Å². The van der Waals surface area contributed by atoms with Crippen molar-refractivity contribution in [3.63, 3.8) is 0 Å². The number of nitrogens with zero attached hydrogens (tertiary/aromatic N) is 1. The number of hydrogen-bond donors (Lipinski definition) is 3. The van der Waals surface area contributed by atoms with E-state index in [0.717, 1.165) is 0 Å². The maximum Gasteiger partial charge on any atom is 0.405 e. The van der Waals surface area contributed by atoms with Crippen LogP contribution in [0.5, 0.6) is 0 Å². The van der Waals surface area contributed by atoms with Gasteiger partial charge in [0.2, 0.25) is 0 Å². The maximum absolute atomic E-state index is 10.1. The summed E-state index contributed by atoms with van der Waals surface area (Å²) in [6.45, 7) is 3.37. The molecule has 5 nitrogen and oxygen atoms in total. The summed E-state index contributed by atoms with van der Waals surface area (Å²) in [5, 5.41) is 27.5. The first-order valence-corrected chi connectivity index (χ1v) is 3.29. The highest BCUT2D eigenvalue weighted by Crippen LogP contribution is 1.98. The van der Waals surface area contributed by atoms with Crippen LogP contribution in [0.15, 0.2) is 12.7 Å². The molecule has 12 heavy (non-hydrogen) atoms. The summed E-state index contributed by atoms with van der Waals surface area (Å²) in [5.41, 5.74) is 0. The number of aliphatic hydroxyl groups excluding tert-OH is 1. The van der Waals surface area contributed by atoms with Gasteiger partial charge >= 0.3 is 6.09 Å². The second kappa shape index (κ2) is 5.16. The summed E-state index contributed by atoms with van der Waals surface area (Å²) < 4.78 is 0. The Morgan fingerprint density at radius 1 is 1.83 bits per heavy atom. The fourth-order valence-electron chi connectivity index (χ4n) is 0.695. The van der Waals surface area contributed by atoms with Gasteiger partial charge in [-0.1, -0.05) is 6.08 Å². The highest BCUT2D eigenvalue weighted by atomic mass is 16.4. The van der Waals surface area contributed by atoms with Crippen molar-refractivity contribution < 1.29 is 15.0 Å². The van der Waals surface area contributed by atoms with Crippen molar-refractivity contribution in [2.75, 3.05) is 0 Å². The molecule has 3 N–H and O–H groups in total. The summed E-state index contributed by atoms with van der Waals surface area (Å²) in [6.07, 6.45) is -0.947. The first-order chi connectivity index (χ1) is 5.61. The molecule has 0 rings (SSSR count). The first-order valence-electron chi connectivity index (χ1n) is 3.29. The molecule has 1 amide bonds. The highest BCUT2D eigenvalue weighted by Gasteiger charge is 2.18. The van der Waals surface area contributed by atoms with Crippen LogP contribution < -0.4 is 5.32 Å². The molecule has 0 saturated heterocycles. The number of hydrogen-bond acceptors (Lipinski definition) is 3. The normalized spacial score (nSPS) is 14.0. The lowest BCUT2D eigenvalue weighted by Gasteiger charge is -2.15. The molecule has 0 aromatic carbocycles. The minimum Gasteiger partial charge on any atom is -0.465 e. The van der Waals surface area contributed by atoms with Crippen LogP contribution in [0.1, 0.15) is 6.42 Å². The van der Waals surface area contributed by atoms with Crippen molar-refractivity contribution in [2.24, 2.45) is 0 Å². The Hall–Kier alpha value is -1.54. The number of rotatable bonds is 4. The number of nitrogens with one attached hydrogen (secondary N) is 1. The molecule has 0 fully saturated rings. The van der Waals surface area contributed by atoms with Gasteiger partial charge in [0.15, 0.2) is 6.10 Å². The van der Waals surface area contributed by atoms with Gasteiger partial charge in [-0.2, -0.15) is 5.26 Å². The highest BCUT2D eigenvalue weighted by molar-refractivity contribution is 5.65. The van der Waals surface area contributed by atoms with Crippen molar-refractivity contribution in [3.05, 3.63) is 12.7 Å². The second-order valence-corrected chi connectivity index (χ2v) is 2.15. The van der Waals surface area contributed by atoms with Crippen LogP contribution in [0, 0.1) is 11.3 Å². The predicted molar refractivity (Wildman–Crippen MR) is 41.4 cm³/mol. The molecule has 0 aromatic rings. The van der Waals surface area contributed by atoms with Crippen LogP contribution in [-0.4, -0.2) is 28.5 Å². The van der Waals surface area contributed by atoms with Gasteiger partial charge in [0.05, 0.1) is 12.1 Å². The topological polar surface area (TPSA) is 93.3 Å². The Kier molecular flexibility index (Phi) is 4.49. The van der Waals surface area contributed by atoms with Gasteiger partial charge in [0, 0.05) is 0 Å². The molecule has 0 aliphatic carbocycles. The Morgan fingerprint density at radius 3 is 2.75 bits per heavy atom. The molecule has 0 spiro atoms. The fraction of sp³-hybridized carbons (Fsp3) is 0.429. The minimum atomic E-state index is -1.33. The van der Waals surface area contributed by atoms with E-state index in [-0.39, 0.29) is 6.42 Å². The van der Waals surface area contributed by atoms with Crippen molar-refractivity contribution in [3.8, 4) is 6.07 Å². The fourth-order valence-corrected chi connectivity index (χ4v) is 0.695. The summed E-state index contributed by atoms with van der Waals surface area (Å²) in [5.74, 6) is 0. The van der Waals surface area contributed by atoms with Gasteiger partial charge in [-0.05, 0) is 6.42 Å². The van der Waals surface area contributed by atoms with Crippen LogP contribution in [0.2, 0.25) is 0 Å². The lowest BCUT2D eigenvalue weighted by atomic mass is 10.1. The monoisotopic (exact) mass is 170 g/mol. The molecule has 0 saturated carbocycles. The van der Waals surface area contributed by atoms with Gasteiger partial charge in [-0.3, -0.25) is 0 Å². The zero-order chi connectivity index (χ0) is 9.56. The van der Waals surface area contributed by atoms with Gasteiger partial charge in [-0.15, -0.1) is 6.58 Å². The third-order valence-electron chi connectivity index (χ3n) is 1.24. The molecule has 0 bridgehead atoms. The van der Waals surface area contributed by atoms with E-state index >= 15 is 0 Å². The van der Waals surface area contributed by atoms with Crippen molar-refractivity contribution >= 4 is 6.09 Å². The quantitative estimate of drug-likeness (QED) is 0.411. The Balaban J connectivity index is 4.13. The molecule has 0 aromatic heterocycles. The van der Waals surface area contributed by atoms with Crippen molar-refractivity contribution in [1.29, 1.82) is 5.26 Å². The van der Waals surface area contributed by atoms with E-state index < -0.39 is 18.2 Å². The largest absolute Gasteiger partial charge is 0.465 e. The average Bonchev–Trinajstić information content (AvgIpc) is 2.01. The van der Waals surface area contributed by atoms with Crippen LogP contribution in [0.4, 0.5) is 4.79 Å². The number of carbonyl (C=O) groups is 1. The Bertz CT molecular complexity index is 209. The average molecular weight is 170 g/mol. The first kappa shape index (κ1) is 10.5. The number of amides is 1. The van der Waals surface area contributed by atoms with E-state index in [2.05, 4.69) is 6.58 Å². The van der Waals surface area contributed by atoms with E-state index in [4.69, 9.17) is 15.5 Å². The zero-order valence-electron chi connectivity index (χ0n) is 6.40. The van der Waals surface area contributed by atoms with E-state index in [1.807, 2.05) is 5.32 Å². The minimum absolute atomic E-state index is 0.223. The standard InChI is InChI=1S/C7H10N2O3/c1-2-3-5(6(10)4-8)9-7(11)12/h2,5-6,9-10H,1,3H2,(H,11,12). The van der Waals surface area contributed by atoms with Crippen molar-refractivity contribution in [2.45, 2.75) is 18.6 Å². The SMILES string of the molecule is C=CCC(NC(=O)O)C(O)C#N. The van der Waals surface area contributed by atoms with E-state index in [1.54, 1.807) is 0 Å². The molecular weight excluding hydrogens is 160 g/mol. The van der Waals surface area contributed by atoms with E-state index in [0.29, 0.717) is 0 Å². The number of carboxylic acid groups (broad SMARTS) is 1. The Morgan fingerprint density at radius 2 is 2.42 bits per heavy atom. The smallest absolute Gasteiger partial charge is 0.405 e. The maximum atomic E-state index is 10.1. The van der Waals surface area contributed by atoms with E-state index in [1.165, 1.54) is 12.1 Å². The molecule has 0 aliphatic heterocycles. The number of nitriles is 1. The van der Waals surface area contributed by atoms with Crippen LogP contribution in [-0.2, 0) is 0 Å². The third-order valence-corrected chi connectivity index (χ3v) is 1.24. The molecule has 66 valence electrons. The molecule has 2 unspecified atom stereocenters. The van der Waals surface area contributed by atoms with Gasteiger partial charge in [0.1, 0.15) is 0 Å². The predicted octanol–water partition coefficient (Wildman–Crippen LogP) is 0.0832. The third kappa shape index (κ3) is 3.58. The van der Waals surface area contributed by atoms with Crippen LogP contribution >= 0.6 is 0 Å². The molecule has 0 radical (unpaired) electrons. The Labute approximate surface area is 69.9 Å². The van der Waals surface area contributed by atoms with Gasteiger partial charge in [0.25, 0.3) is 0 Å². The zero-order valence-corrected chi connectivity index (χ0v) is 6.40. The molecule has 0 heterocycles. The van der Waals surface area contributed by atoms with E-state index in [9.17, 15) is 4.79 Å². The van der Waals surface area contributed by atoms with Gasteiger partial charge < -0.3 is 15.5 Å². The van der Waals surface area contributed by atoms with Crippen LogP contribution in [0.3, 0.4) is 0 Å². The molecular formula is C7H10N2O3.